The Bertz CT molecular complexity index is 1650. The van der Waals surface area contributed by atoms with E-state index < -0.39 is 6.10 Å². The van der Waals surface area contributed by atoms with Gasteiger partial charge in [0.05, 0.1) is 0 Å². The maximum Gasteiger partial charge on any atom is 0.306 e. The van der Waals surface area contributed by atoms with Crippen molar-refractivity contribution in [3.05, 3.63) is 122 Å². The first kappa shape index (κ1) is 75.8. The van der Waals surface area contributed by atoms with Gasteiger partial charge in [-0.2, -0.15) is 0 Å². The summed E-state index contributed by atoms with van der Waals surface area (Å²) >= 11 is 0. The van der Waals surface area contributed by atoms with Crippen LogP contribution in [0.4, 0.5) is 0 Å². The lowest BCUT2D eigenvalue weighted by Crippen LogP contribution is -2.30. The number of hydrogen-bond acceptors (Lipinski definition) is 6. The molecule has 0 spiro atoms. The van der Waals surface area contributed by atoms with E-state index in [1.165, 1.54) is 128 Å². The van der Waals surface area contributed by atoms with Crippen molar-refractivity contribution >= 4 is 17.9 Å². The van der Waals surface area contributed by atoms with E-state index in [9.17, 15) is 14.4 Å². The highest BCUT2D eigenvalue weighted by Gasteiger charge is 2.19. The third kappa shape index (κ3) is 64.6. The van der Waals surface area contributed by atoms with Crippen molar-refractivity contribution in [3.63, 3.8) is 0 Å². The SMILES string of the molecule is CC/C=C\C/C=C\C/C=C\C/C=C\C/C=C\C/C=C\C/C=C\C/C=C\CCCCC(=O)OCC(COC(=O)CCCCCCC/C=C\C/C=C\CCC)OC(=O)CCCCCCCCCCCCCCCCCCCCCCCC. The Balaban J connectivity index is 4.40. The molecule has 6 heteroatoms. The van der Waals surface area contributed by atoms with E-state index in [0.717, 1.165) is 135 Å². The maximum atomic E-state index is 12.9. The lowest BCUT2D eigenvalue weighted by Gasteiger charge is -2.18. The number of ether oxygens (including phenoxy) is 3. The van der Waals surface area contributed by atoms with E-state index in [4.69, 9.17) is 14.2 Å². The van der Waals surface area contributed by atoms with Crippen LogP contribution in [0.25, 0.3) is 0 Å². The maximum absolute atomic E-state index is 12.9. The van der Waals surface area contributed by atoms with Crippen LogP contribution in [-0.2, 0) is 28.6 Å². The molecule has 456 valence electrons. The van der Waals surface area contributed by atoms with Gasteiger partial charge in [-0.25, -0.2) is 0 Å². The van der Waals surface area contributed by atoms with Gasteiger partial charge in [-0.05, 0) is 109 Å². The molecule has 0 aliphatic heterocycles. The highest BCUT2D eigenvalue weighted by atomic mass is 16.6. The summed E-state index contributed by atoms with van der Waals surface area (Å²) in [5.74, 6) is -0.949. The molecule has 0 N–H and O–H groups in total. The first-order valence-electron chi connectivity index (χ1n) is 33.5. The fourth-order valence-corrected chi connectivity index (χ4v) is 9.20. The van der Waals surface area contributed by atoms with Crippen molar-refractivity contribution in [2.24, 2.45) is 0 Å². The molecule has 0 amide bonds. The van der Waals surface area contributed by atoms with Gasteiger partial charge in [0.15, 0.2) is 6.10 Å². The van der Waals surface area contributed by atoms with E-state index in [1.54, 1.807) is 0 Å². The second kappa shape index (κ2) is 67.3. The summed E-state index contributed by atoms with van der Waals surface area (Å²) in [6.07, 6.45) is 93.6. The highest BCUT2D eigenvalue weighted by molar-refractivity contribution is 5.71. The number of unbranched alkanes of at least 4 members (excludes halogenated alkanes) is 29. The third-order valence-corrected chi connectivity index (χ3v) is 14.2. The second-order valence-electron chi connectivity index (χ2n) is 22.0. The normalized spacial score (nSPS) is 12.9. The molecule has 0 bridgehead atoms. The molecule has 0 aromatic heterocycles. The summed E-state index contributed by atoms with van der Waals surface area (Å²) in [7, 11) is 0. The molecule has 0 saturated heterocycles. The molecular formula is C74H124O6. The molecule has 0 aliphatic carbocycles. The minimum absolute atomic E-state index is 0.0994. The zero-order valence-corrected chi connectivity index (χ0v) is 52.3. The first-order valence-corrected chi connectivity index (χ1v) is 33.5. The van der Waals surface area contributed by atoms with Crippen LogP contribution >= 0.6 is 0 Å². The molecule has 0 aromatic carbocycles. The van der Waals surface area contributed by atoms with E-state index in [0.29, 0.717) is 25.7 Å². The number of esters is 3. The molecular weight excluding hydrogens is 985 g/mol. The van der Waals surface area contributed by atoms with Crippen LogP contribution in [0.2, 0.25) is 0 Å². The monoisotopic (exact) mass is 1110 g/mol. The zero-order chi connectivity index (χ0) is 57.8. The number of carbonyl (C=O) groups excluding carboxylic acids is 3. The highest BCUT2D eigenvalue weighted by Crippen LogP contribution is 2.17. The van der Waals surface area contributed by atoms with Gasteiger partial charge in [-0.1, -0.05) is 303 Å². The van der Waals surface area contributed by atoms with Crippen LogP contribution in [0.1, 0.15) is 310 Å². The molecule has 1 atom stereocenters. The molecule has 0 saturated carbocycles. The van der Waals surface area contributed by atoms with Crippen LogP contribution in [0.15, 0.2) is 122 Å². The van der Waals surface area contributed by atoms with Gasteiger partial charge in [-0.15, -0.1) is 0 Å². The van der Waals surface area contributed by atoms with Crippen molar-refractivity contribution in [2.75, 3.05) is 13.2 Å². The Morgan fingerprint density at radius 1 is 0.263 bits per heavy atom. The Labute approximate surface area is 494 Å². The molecule has 0 radical (unpaired) electrons. The van der Waals surface area contributed by atoms with Crippen molar-refractivity contribution in [1.29, 1.82) is 0 Å². The predicted molar refractivity (Wildman–Crippen MR) is 348 cm³/mol. The Morgan fingerprint density at radius 3 is 0.838 bits per heavy atom. The van der Waals surface area contributed by atoms with E-state index in [1.807, 2.05) is 0 Å². The molecule has 0 aromatic rings. The van der Waals surface area contributed by atoms with Gasteiger partial charge in [0.25, 0.3) is 0 Å². The van der Waals surface area contributed by atoms with Crippen LogP contribution in [0.3, 0.4) is 0 Å². The molecule has 0 aliphatic rings. The van der Waals surface area contributed by atoms with Crippen molar-refractivity contribution < 1.29 is 28.6 Å². The van der Waals surface area contributed by atoms with E-state index in [-0.39, 0.29) is 31.1 Å². The molecule has 1 unspecified atom stereocenters. The molecule has 0 heterocycles. The third-order valence-electron chi connectivity index (χ3n) is 14.2. The van der Waals surface area contributed by atoms with Gasteiger partial charge in [0.2, 0.25) is 0 Å². The summed E-state index contributed by atoms with van der Waals surface area (Å²) < 4.78 is 16.9. The molecule has 0 fully saturated rings. The second-order valence-corrected chi connectivity index (χ2v) is 22.0. The van der Waals surface area contributed by atoms with Crippen LogP contribution < -0.4 is 0 Å². The standard InChI is InChI=1S/C74H124O6/c1-4-7-10-13-16-19-22-25-27-29-31-33-35-36-37-38-39-41-42-44-46-49-52-55-58-61-64-67-73(76)79-70-71(69-78-72(75)66-63-60-57-54-51-48-24-21-18-15-12-9-6-3)80-74(77)68-65-62-59-56-53-50-47-45-43-40-34-32-30-28-26-23-20-17-14-11-8-5-2/h7,10,12,15-16,19,21,24-25,27,31,33,36-37,39,41,44,46,52,55,71H,4-6,8-9,11,13-14,17-18,20,22-23,26,28-30,32,34-35,38,40,42-43,45,47-51,53-54,56-70H2,1-3H3/b10-7-,15-12-,19-16-,24-21-,27-25-,33-31-,37-36-,41-39-,46-44-,55-52-. The van der Waals surface area contributed by atoms with Crippen LogP contribution in [0.5, 0.6) is 0 Å². The molecule has 0 rings (SSSR count). The van der Waals surface area contributed by atoms with Crippen LogP contribution in [-0.4, -0.2) is 37.2 Å². The largest absolute Gasteiger partial charge is 0.462 e. The summed E-state index contributed by atoms with van der Waals surface area (Å²) in [6.45, 7) is 6.44. The summed E-state index contributed by atoms with van der Waals surface area (Å²) in [4.78, 5) is 38.3. The van der Waals surface area contributed by atoms with Crippen molar-refractivity contribution in [3.8, 4) is 0 Å². The Hall–Kier alpha value is -4.19. The van der Waals surface area contributed by atoms with Crippen molar-refractivity contribution in [2.45, 2.75) is 316 Å². The van der Waals surface area contributed by atoms with Gasteiger partial charge in [-0.3, -0.25) is 14.4 Å². The van der Waals surface area contributed by atoms with Crippen molar-refractivity contribution in [1.82, 2.24) is 0 Å². The van der Waals surface area contributed by atoms with E-state index >= 15 is 0 Å². The van der Waals surface area contributed by atoms with Gasteiger partial charge in [0, 0.05) is 19.3 Å². The minimum atomic E-state index is -0.805. The summed E-state index contributed by atoms with van der Waals surface area (Å²) in [5, 5.41) is 0. The van der Waals surface area contributed by atoms with Gasteiger partial charge >= 0.3 is 17.9 Å². The minimum Gasteiger partial charge on any atom is -0.462 e. The molecule has 80 heavy (non-hydrogen) atoms. The predicted octanol–water partition coefficient (Wildman–Crippen LogP) is 23.2. The lowest BCUT2D eigenvalue weighted by atomic mass is 10.0. The number of carbonyl (C=O) groups is 3. The fourth-order valence-electron chi connectivity index (χ4n) is 9.20. The quantitative estimate of drug-likeness (QED) is 0.0261. The zero-order valence-electron chi connectivity index (χ0n) is 52.3. The Kier molecular flexibility index (Phi) is 63.8. The summed E-state index contributed by atoms with van der Waals surface area (Å²) in [6, 6.07) is 0. The average Bonchev–Trinajstić information content (AvgIpc) is 3.46. The van der Waals surface area contributed by atoms with Gasteiger partial charge < -0.3 is 14.2 Å². The number of hydrogen-bond donors (Lipinski definition) is 0. The molecule has 6 nitrogen and oxygen atoms in total. The topological polar surface area (TPSA) is 78.9 Å². The smallest absolute Gasteiger partial charge is 0.306 e. The van der Waals surface area contributed by atoms with Gasteiger partial charge in [0.1, 0.15) is 13.2 Å². The number of allylic oxidation sites excluding steroid dienone is 20. The lowest BCUT2D eigenvalue weighted by molar-refractivity contribution is -0.167. The Morgan fingerprint density at radius 2 is 0.512 bits per heavy atom. The number of rotatable bonds is 60. The average molecular weight is 1110 g/mol. The van der Waals surface area contributed by atoms with Crippen LogP contribution in [0, 0.1) is 0 Å². The summed E-state index contributed by atoms with van der Waals surface area (Å²) in [5.41, 5.74) is 0. The van der Waals surface area contributed by atoms with E-state index in [2.05, 4.69) is 142 Å². The fraction of sp³-hybridized carbons (Fsp3) is 0.689. The first-order chi connectivity index (χ1) is 39.5.